The lowest BCUT2D eigenvalue weighted by Gasteiger charge is -2.19. The van der Waals surface area contributed by atoms with Gasteiger partial charge in [0.2, 0.25) is 0 Å². The van der Waals surface area contributed by atoms with Crippen LogP contribution in [0.3, 0.4) is 0 Å². The number of nitrogens with zero attached hydrogens (tertiary/aromatic N) is 2. The van der Waals surface area contributed by atoms with Crippen LogP contribution >= 0.6 is 11.3 Å². The van der Waals surface area contributed by atoms with Gasteiger partial charge in [0.1, 0.15) is 0 Å². The Kier molecular flexibility index (Phi) is 3.77. The molecule has 0 aliphatic carbocycles. The summed E-state index contributed by atoms with van der Waals surface area (Å²) < 4.78 is 29.0. The van der Waals surface area contributed by atoms with Crippen LogP contribution in [0.15, 0.2) is 52.2 Å². The number of thiazole rings is 1. The van der Waals surface area contributed by atoms with E-state index < -0.39 is 10.0 Å². The second kappa shape index (κ2) is 5.50. The summed E-state index contributed by atoms with van der Waals surface area (Å²) in [5, 5.41) is 0. The van der Waals surface area contributed by atoms with Crippen LogP contribution < -0.4 is 9.18 Å². The lowest BCUT2D eigenvalue weighted by molar-refractivity contribution is 0.594. The molecule has 3 rings (SSSR count). The lowest BCUT2D eigenvalue weighted by Crippen LogP contribution is -2.26. The van der Waals surface area contributed by atoms with Gasteiger partial charge in [0.05, 0.1) is 20.8 Å². The third-order valence-corrected chi connectivity index (χ3v) is 6.60. The number of aromatic nitrogens is 1. The second-order valence-electron chi connectivity index (χ2n) is 5.36. The summed E-state index contributed by atoms with van der Waals surface area (Å²) in [6.07, 6.45) is 0. The molecule has 0 saturated carbocycles. The van der Waals surface area contributed by atoms with Gasteiger partial charge in [-0.3, -0.25) is 9.10 Å². The minimum atomic E-state index is -3.67. The Morgan fingerprint density at radius 3 is 2.39 bits per heavy atom. The minimum Gasteiger partial charge on any atom is -0.302 e. The van der Waals surface area contributed by atoms with Gasteiger partial charge in [-0.2, -0.15) is 0 Å². The largest absolute Gasteiger partial charge is 0.307 e. The lowest BCUT2D eigenvalue weighted by atomic mass is 10.2. The van der Waals surface area contributed by atoms with Crippen LogP contribution in [0.4, 0.5) is 5.69 Å². The molecule has 1 heterocycles. The predicted octanol–water partition coefficient (Wildman–Crippen LogP) is 2.73. The van der Waals surface area contributed by atoms with E-state index in [1.165, 1.54) is 22.0 Å². The molecule has 2 aromatic carbocycles. The van der Waals surface area contributed by atoms with Crippen LogP contribution in [0.1, 0.15) is 5.56 Å². The van der Waals surface area contributed by atoms with E-state index in [0.717, 1.165) is 22.4 Å². The molecule has 0 amide bonds. The van der Waals surface area contributed by atoms with E-state index >= 15 is 0 Å². The van der Waals surface area contributed by atoms with Crippen molar-refractivity contribution in [3.63, 3.8) is 0 Å². The van der Waals surface area contributed by atoms with Crippen LogP contribution in [-0.4, -0.2) is 20.0 Å². The molecule has 120 valence electrons. The van der Waals surface area contributed by atoms with Gasteiger partial charge in [-0.25, -0.2) is 8.42 Å². The summed E-state index contributed by atoms with van der Waals surface area (Å²) in [5.74, 6) is 0. The second-order valence-corrected chi connectivity index (χ2v) is 8.33. The average Bonchev–Trinajstić information content (AvgIpc) is 2.81. The summed E-state index contributed by atoms with van der Waals surface area (Å²) in [6.45, 7) is 1.95. The number of sulfonamides is 1. The fourth-order valence-corrected chi connectivity index (χ4v) is 4.54. The quantitative estimate of drug-likeness (QED) is 0.731. The first kappa shape index (κ1) is 15.8. The number of fused-ring (bicyclic) bond motifs is 1. The van der Waals surface area contributed by atoms with Crippen LogP contribution in [0.2, 0.25) is 0 Å². The molecule has 0 atom stereocenters. The molecule has 3 aromatic rings. The first-order valence-corrected chi connectivity index (χ1v) is 9.21. The fourth-order valence-electron chi connectivity index (χ4n) is 2.33. The van der Waals surface area contributed by atoms with Gasteiger partial charge in [-0.05, 0) is 37.3 Å². The van der Waals surface area contributed by atoms with Crippen LogP contribution in [-0.2, 0) is 17.1 Å². The van der Waals surface area contributed by atoms with Crippen molar-refractivity contribution in [1.29, 1.82) is 0 Å². The monoisotopic (exact) mass is 348 g/mol. The third-order valence-electron chi connectivity index (χ3n) is 3.82. The molecule has 0 saturated heterocycles. The standard InChI is InChI=1S/C16H16N2O3S2/c1-11-4-6-12(7-5-11)18(3)23(20,21)13-8-9-14-15(10-13)22-16(19)17(14)2/h4-10H,1-3H3. The predicted molar refractivity (Wildman–Crippen MR) is 93.8 cm³/mol. The Morgan fingerprint density at radius 1 is 1.09 bits per heavy atom. The molecular weight excluding hydrogens is 332 g/mol. The van der Waals surface area contributed by atoms with Gasteiger partial charge in [-0.1, -0.05) is 29.0 Å². The van der Waals surface area contributed by atoms with Crippen LogP contribution in [0, 0.1) is 6.92 Å². The van der Waals surface area contributed by atoms with Gasteiger partial charge >= 0.3 is 4.87 Å². The summed E-state index contributed by atoms with van der Waals surface area (Å²) in [5.41, 5.74) is 2.39. The Balaban J connectivity index is 2.08. The van der Waals surface area contributed by atoms with Crippen LogP contribution in [0.25, 0.3) is 10.2 Å². The van der Waals surface area contributed by atoms with Gasteiger partial charge in [0, 0.05) is 14.1 Å². The summed E-state index contributed by atoms with van der Waals surface area (Å²) in [7, 11) is -0.471. The Bertz CT molecular complexity index is 1030. The smallest absolute Gasteiger partial charge is 0.302 e. The third kappa shape index (κ3) is 2.66. The van der Waals surface area contributed by atoms with Crippen molar-refractivity contribution in [1.82, 2.24) is 4.57 Å². The van der Waals surface area contributed by atoms with E-state index in [1.807, 2.05) is 19.1 Å². The van der Waals surface area contributed by atoms with E-state index in [9.17, 15) is 13.2 Å². The molecule has 7 heteroatoms. The number of aryl methyl sites for hydroxylation is 2. The van der Waals surface area contributed by atoms with Gasteiger partial charge in [0.25, 0.3) is 10.0 Å². The highest BCUT2D eigenvalue weighted by Crippen LogP contribution is 2.26. The molecule has 23 heavy (non-hydrogen) atoms. The van der Waals surface area contributed by atoms with E-state index in [1.54, 1.807) is 31.3 Å². The summed E-state index contributed by atoms with van der Waals surface area (Å²) >= 11 is 1.04. The highest BCUT2D eigenvalue weighted by atomic mass is 32.2. The molecule has 0 bridgehead atoms. The number of anilines is 1. The summed E-state index contributed by atoms with van der Waals surface area (Å²) in [6, 6.07) is 12.0. The summed E-state index contributed by atoms with van der Waals surface area (Å²) in [4.78, 5) is 11.8. The maximum Gasteiger partial charge on any atom is 0.307 e. The molecular formula is C16H16N2O3S2. The number of hydrogen-bond acceptors (Lipinski definition) is 4. The van der Waals surface area contributed by atoms with Crippen molar-refractivity contribution < 1.29 is 8.42 Å². The molecule has 0 N–H and O–H groups in total. The van der Waals surface area contributed by atoms with Crippen molar-refractivity contribution in [2.45, 2.75) is 11.8 Å². The van der Waals surface area contributed by atoms with E-state index in [4.69, 9.17) is 0 Å². The number of benzene rings is 2. The Hall–Kier alpha value is -2.12. The van der Waals surface area contributed by atoms with E-state index in [2.05, 4.69) is 0 Å². The molecule has 0 spiro atoms. The molecule has 5 nitrogen and oxygen atoms in total. The zero-order chi connectivity index (χ0) is 16.8. The topological polar surface area (TPSA) is 59.4 Å². The van der Waals surface area contributed by atoms with Gasteiger partial charge in [-0.15, -0.1) is 0 Å². The highest BCUT2D eigenvalue weighted by molar-refractivity contribution is 7.92. The zero-order valence-electron chi connectivity index (χ0n) is 13.0. The zero-order valence-corrected chi connectivity index (χ0v) is 14.6. The van der Waals surface area contributed by atoms with Crippen molar-refractivity contribution in [3.8, 4) is 0 Å². The van der Waals surface area contributed by atoms with Crippen LogP contribution in [0.5, 0.6) is 0 Å². The molecule has 0 fully saturated rings. The molecule has 1 aromatic heterocycles. The molecule has 0 radical (unpaired) electrons. The van der Waals surface area contributed by atoms with Crippen molar-refractivity contribution in [3.05, 3.63) is 57.7 Å². The van der Waals surface area contributed by atoms with E-state index in [0.29, 0.717) is 10.4 Å². The Morgan fingerprint density at radius 2 is 1.74 bits per heavy atom. The van der Waals surface area contributed by atoms with Gasteiger partial charge < -0.3 is 4.57 Å². The number of hydrogen-bond donors (Lipinski definition) is 0. The molecule has 0 unspecified atom stereocenters. The maximum absolute atomic E-state index is 12.8. The molecule has 0 aliphatic heterocycles. The SMILES string of the molecule is Cc1ccc(N(C)S(=O)(=O)c2ccc3c(c2)sc(=O)n3C)cc1. The average molecular weight is 348 g/mol. The van der Waals surface area contributed by atoms with E-state index in [-0.39, 0.29) is 9.77 Å². The van der Waals surface area contributed by atoms with Crippen molar-refractivity contribution in [2.75, 3.05) is 11.4 Å². The van der Waals surface area contributed by atoms with Crippen molar-refractivity contribution in [2.24, 2.45) is 7.05 Å². The normalized spacial score (nSPS) is 11.8. The molecule has 0 aliphatic rings. The Labute approximate surface area is 138 Å². The van der Waals surface area contributed by atoms with Gasteiger partial charge in [0.15, 0.2) is 0 Å². The first-order chi connectivity index (χ1) is 10.8. The number of rotatable bonds is 3. The minimum absolute atomic E-state index is 0.110. The first-order valence-electron chi connectivity index (χ1n) is 6.96. The van der Waals surface area contributed by atoms with Crippen molar-refractivity contribution >= 4 is 37.3 Å². The highest BCUT2D eigenvalue weighted by Gasteiger charge is 2.22. The maximum atomic E-state index is 12.8. The fraction of sp³-hybridized carbons (Fsp3) is 0.188.